The predicted molar refractivity (Wildman–Crippen MR) is 83.6 cm³/mol. The molecular formula is C16H22O11. The van der Waals surface area contributed by atoms with Crippen LogP contribution in [0.1, 0.15) is 0 Å². The quantitative estimate of drug-likeness (QED) is 0.233. The van der Waals surface area contributed by atoms with Crippen molar-refractivity contribution in [2.75, 3.05) is 13.2 Å². The zero-order chi connectivity index (χ0) is 19.9. The van der Waals surface area contributed by atoms with Crippen molar-refractivity contribution < 1.29 is 54.8 Å². The van der Waals surface area contributed by atoms with Crippen molar-refractivity contribution in [1.29, 1.82) is 0 Å². The Morgan fingerprint density at radius 2 is 1.85 bits per heavy atom. The summed E-state index contributed by atoms with van der Waals surface area (Å²) in [7, 11) is 0. The molecule has 7 N–H and O–H groups in total. The average molecular weight is 390 g/mol. The minimum absolute atomic E-state index is 0.158. The molecule has 9 unspecified atom stereocenters. The summed E-state index contributed by atoms with van der Waals surface area (Å²) in [5, 5.41) is 68.4. The topological polar surface area (TPSA) is 186 Å². The number of allylic oxidation sites excluding steroid dienone is 1. The highest BCUT2D eigenvalue weighted by atomic mass is 16.8. The summed E-state index contributed by atoms with van der Waals surface area (Å²) in [5.74, 6) is -3.20. The average Bonchev–Trinajstić information content (AvgIpc) is 3.01. The second-order valence-corrected chi connectivity index (χ2v) is 6.78. The summed E-state index contributed by atoms with van der Waals surface area (Å²) in [6.07, 6.45) is -5.48. The molecule has 11 nitrogen and oxygen atoms in total. The molecular weight excluding hydrogens is 368 g/mol. The minimum atomic E-state index is -1.85. The van der Waals surface area contributed by atoms with Crippen LogP contribution in [-0.4, -0.2) is 97.5 Å². The Balaban J connectivity index is 1.84. The molecule has 152 valence electrons. The first-order valence-corrected chi connectivity index (χ1v) is 8.31. The molecule has 3 rings (SSSR count). The van der Waals surface area contributed by atoms with Crippen molar-refractivity contribution >= 4 is 5.97 Å². The highest BCUT2D eigenvalue weighted by molar-refractivity contribution is 5.87. The number of ether oxygens (including phenoxy) is 3. The number of aliphatic hydroxyl groups is 6. The molecule has 0 radical (unpaired) electrons. The number of carbonyl (C=O) groups is 1. The lowest BCUT2D eigenvalue weighted by molar-refractivity contribution is -0.346. The molecule has 9 atom stereocenters. The van der Waals surface area contributed by atoms with E-state index in [9.17, 15) is 40.5 Å². The Morgan fingerprint density at radius 3 is 2.44 bits per heavy atom. The number of hydrogen-bond acceptors (Lipinski definition) is 10. The smallest absolute Gasteiger partial charge is 0.335 e. The molecule has 0 aromatic carbocycles. The van der Waals surface area contributed by atoms with Gasteiger partial charge in [-0.25, -0.2) is 4.79 Å². The van der Waals surface area contributed by atoms with Gasteiger partial charge in [-0.15, -0.1) is 0 Å². The van der Waals surface area contributed by atoms with Gasteiger partial charge in [0.2, 0.25) is 6.29 Å². The number of aliphatic hydroxyl groups excluding tert-OH is 5. The van der Waals surface area contributed by atoms with Crippen molar-refractivity contribution in [1.82, 2.24) is 0 Å². The third-order valence-electron chi connectivity index (χ3n) is 5.15. The number of carboxylic acids is 1. The third-order valence-corrected chi connectivity index (χ3v) is 5.15. The van der Waals surface area contributed by atoms with Crippen LogP contribution in [-0.2, 0) is 19.0 Å². The first-order valence-electron chi connectivity index (χ1n) is 8.31. The van der Waals surface area contributed by atoms with Gasteiger partial charge in [0.1, 0.15) is 30.0 Å². The summed E-state index contributed by atoms with van der Waals surface area (Å²) in [6, 6.07) is 0. The fraction of sp³-hybridized carbons (Fsp3) is 0.688. The van der Waals surface area contributed by atoms with E-state index in [0.29, 0.717) is 0 Å². The molecule has 0 bridgehead atoms. The van der Waals surface area contributed by atoms with E-state index in [2.05, 4.69) is 0 Å². The van der Waals surface area contributed by atoms with Gasteiger partial charge >= 0.3 is 5.97 Å². The maximum Gasteiger partial charge on any atom is 0.335 e. The molecule has 1 saturated heterocycles. The molecule has 0 aromatic heterocycles. The Kier molecular flexibility index (Phi) is 5.57. The van der Waals surface area contributed by atoms with Gasteiger partial charge < -0.3 is 50.0 Å². The summed E-state index contributed by atoms with van der Waals surface area (Å²) in [4.78, 5) is 11.4. The second kappa shape index (κ2) is 7.45. The molecule has 11 heteroatoms. The molecule has 0 amide bonds. The largest absolute Gasteiger partial charge is 0.478 e. The molecule has 1 fully saturated rings. The van der Waals surface area contributed by atoms with Gasteiger partial charge in [0.15, 0.2) is 6.29 Å². The van der Waals surface area contributed by atoms with E-state index in [4.69, 9.17) is 14.2 Å². The Hall–Kier alpha value is -1.57. The van der Waals surface area contributed by atoms with E-state index in [0.717, 1.165) is 6.26 Å². The summed E-state index contributed by atoms with van der Waals surface area (Å²) >= 11 is 0. The van der Waals surface area contributed by atoms with Crippen LogP contribution in [0.15, 0.2) is 24.0 Å². The first kappa shape index (κ1) is 20.2. The highest BCUT2D eigenvalue weighted by Gasteiger charge is 2.55. The maximum absolute atomic E-state index is 11.4. The molecule has 0 aromatic rings. The van der Waals surface area contributed by atoms with Crippen molar-refractivity contribution in [3.63, 3.8) is 0 Å². The second-order valence-electron chi connectivity index (χ2n) is 6.78. The lowest BCUT2D eigenvalue weighted by atomic mass is 9.79. The van der Waals surface area contributed by atoms with Crippen molar-refractivity contribution in [2.24, 2.45) is 11.8 Å². The van der Waals surface area contributed by atoms with Gasteiger partial charge in [0.25, 0.3) is 0 Å². The van der Waals surface area contributed by atoms with Crippen molar-refractivity contribution in [3.05, 3.63) is 24.0 Å². The van der Waals surface area contributed by atoms with Crippen LogP contribution in [0, 0.1) is 11.8 Å². The van der Waals surface area contributed by atoms with E-state index in [-0.39, 0.29) is 5.57 Å². The van der Waals surface area contributed by atoms with E-state index in [1.165, 1.54) is 12.2 Å². The molecule has 0 saturated carbocycles. The Morgan fingerprint density at radius 1 is 1.15 bits per heavy atom. The lowest BCUT2D eigenvalue weighted by Crippen LogP contribution is -2.61. The third kappa shape index (κ3) is 3.37. The van der Waals surface area contributed by atoms with Crippen LogP contribution in [0.4, 0.5) is 0 Å². The van der Waals surface area contributed by atoms with E-state index in [1.807, 2.05) is 0 Å². The fourth-order valence-electron chi connectivity index (χ4n) is 3.60. The van der Waals surface area contributed by atoms with Crippen molar-refractivity contribution in [2.45, 2.75) is 42.6 Å². The van der Waals surface area contributed by atoms with Crippen molar-refractivity contribution in [3.8, 4) is 0 Å². The zero-order valence-corrected chi connectivity index (χ0v) is 14.0. The van der Waals surface area contributed by atoms with Gasteiger partial charge in [0.05, 0.1) is 31.0 Å². The number of rotatable bonds is 5. The van der Waals surface area contributed by atoms with Crippen LogP contribution < -0.4 is 0 Å². The standard InChI is InChI=1S/C16H22O11/c17-3-8-10(19)11(20)12(21)15(26-8)27-14-9-6(1-2-16(9,24)5-18)7(4-25-14)13(22)23/h1-2,4,6,8-12,14-15,17-21,24H,3,5H2,(H,22,23). The summed E-state index contributed by atoms with van der Waals surface area (Å²) in [5.41, 5.74) is -2.01. The Bertz CT molecular complexity index is 632. The van der Waals surface area contributed by atoms with Gasteiger partial charge in [-0.05, 0) is 0 Å². The number of carboxylic acid groups (broad SMARTS) is 1. The summed E-state index contributed by atoms with van der Waals surface area (Å²) in [6.45, 7) is -1.40. The molecule has 2 aliphatic heterocycles. The van der Waals surface area contributed by atoms with E-state index >= 15 is 0 Å². The first-order chi connectivity index (χ1) is 12.7. The summed E-state index contributed by atoms with van der Waals surface area (Å²) < 4.78 is 16.0. The van der Waals surface area contributed by atoms with Gasteiger partial charge in [-0.3, -0.25) is 0 Å². The zero-order valence-electron chi connectivity index (χ0n) is 14.0. The van der Waals surface area contributed by atoms with Gasteiger partial charge in [0, 0.05) is 5.92 Å². The van der Waals surface area contributed by atoms with E-state index in [1.54, 1.807) is 0 Å². The SMILES string of the molecule is O=C(O)C1=COC(OC2OC(CO)C(O)C(O)C2O)C2C1C=CC2(O)CO. The minimum Gasteiger partial charge on any atom is -0.478 e. The van der Waals surface area contributed by atoms with Crippen LogP contribution in [0.25, 0.3) is 0 Å². The van der Waals surface area contributed by atoms with Gasteiger partial charge in [-0.2, -0.15) is 0 Å². The normalized spacial score (nSPS) is 46.5. The molecule has 0 spiro atoms. The van der Waals surface area contributed by atoms with E-state index < -0.39 is 73.6 Å². The lowest BCUT2D eigenvalue weighted by Gasteiger charge is -2.44. The monoisotopic (exact) mass is 390 g/mol. The molecule has 27 heavy (non-hydrogen) atoms. The van der Waals surface area contributed by atoms with Gasteiger partial charge in [-0.1, -0.05) is 12.2 Å². The van der Waals surface area contributed by atoms with Crippen LogP contribution in [0.5, 0.6) is 0 Å². The number of hydrogen-bond donors (Lipinski definition) is 7. The molecule has 3 aliphatic rings. The Labute approximate surface area is 153 Å². The number of fused-ring (bicyclic) bond motifs is 1. The fourth-order valence-corrected chi connectivity index (χ4v) is 3.60. The number of aliphatic carboxylic acids is 1. The predicted octanol–water partition coefficient (Wildman–Crippen LogP) is -3.35. The van der Waals surface area contributed by atoms with Crippen LogP contribution in [0.2, 0.25) is 0 Å². The maximum atomic E-state index is 11.4. The molecule has 1 aliphatic carbocycles. The molecule has 2 heterocycles. The van der Waals surface area contributed by atoms with Crippen LogP contribution in [0.3, 0.4) is 0 Å². The van der Waals surface area contributed by atoms with Crippen LogP contribution >= 0.6 is 0 Å². The highest BCUT2D eigenvalue weighted by Crippen LogP contribution is 2.45.